The Morgan fingerprint density at radius 3 is 2.39 bits per heavy atom. The Hall–Kier alpha value is -2.78. The zero-order valence-corrected chi connectivity index (χ0v) is 21.9. The summed E-state index contributed by atoms with van der Waals surface area (Å²) in [5.74, 6) is -4.71. The first kappa shape index (κ1) is 28.2. The van der Waals surface area contributed by atoms with E-state index in [-0.39, 0.29) is 35.2 Å². The molecule has 3 saturated heterocycles. The second-order valence-electron chi connectivity index (χ2n) is 9.98. The van der Waals surface area contributed by atoms with Crippen LogP contribution in [-0.2, 0) is 24.0 Å². The Bertz CT molecular complexity index is 1050. The average Bonchev–Trinajstić information content (AvgIpc) is 3.44. The predicted octanol–water partition coefficient (Wildman–Crippen LogP) is -1.38. The molecule has 4 amide bonds. The van der Waals surface area contributed by atoms with E-state index in [9.17, 15) is 37.9 Å². The van der Waals surface area contributed by atoms with Crippen molar-refractivity contribution in [2.45, 2.75) is 50.1 Å². The van der Waals surface area contributed by atoms with Crippen LogP contribution in [0.1, 0.15) is 20.3 Å². The molecule has 0 aromatic carbocycles. The number of fused-ring (bicyclic) bond motifs is 1. The summed E-state index contributed by atoms with van der Waals surface area (Å²) in [5, 5.41) is 15.1. The van der Waals surface area contributed by atoms with Gasteiger partial charge in [0.05, 0.1) is 24.5 Å². The average molecular weight is 559 g/mol. The number of β-lactam (4-membered cyclic amide) rings is 1. The van der Waals surface area contributed by atoms with Gasteiger partial charge in [-0.2, -0.15) is 8.78 Å². The normalized spacial score (nSPS) is 29.9. The Morgan fingerprint density at radius 1 is 1.18 bits per heavy atom. The molecule has 5 N–H and O–H groups in total. The molecular formula is C23H32F2N6O6S. The number of thioether (sulfide) groups is 1. The van der Waals surface area contributed by atoms with E-state index < -0.39 is 48.3 Å². The number of carbonyl (C=O) groups excluding carboxylic acids is 4. The fourth-order valence-electron chi connectivity index (χ4n) is 5.76. The van der Waals surface area contributed by atoms with Gasteiger partial charge in [-0.05, 0) is 13.3 Å². The number of carbonyl (C=O) groups is 5. The molecule has 15 heteroatoms. The molecule has 0 saturated carbocycles. The van der Waals surface area contributed by atoms with Gasteiger partial charge in [-0.15, -0.1) is 11.8 Å². The van der Waals surface area contributed by atoms with Gasteiger partial charge in [-0.1, -0.05) is 6.92 Å². The van der Waals surface area contributed by atoms with Crippen LogP contribution in [0, 0.1) is 11.8 Å². The van der Waals surface area contributed by atoms with Crippen LogP contribution < -0.4 is 16.4 Å². The predicted molar refractivity (Wildman–Crippen MR) is 132 cm³/mol. The number of hydrogen-bond donors (Lipinski definition) is 4. The lowest BCUT2D eigenvalue weighted by Gasteiger charge is -2.47. The summed E-state index contributed by atoms with van der Waals surface area (Å²) in [6.07, 6.45) is -2.76. The lowest BCUT2D eigenvalue weighted by Crippen LogP contribution is -2.66. The first-order valence-corrected chi connectivity index (χ1v) is 13.4. The molecular weight excluding hydrogens is 526 g/mol. The fourth-order valence-corrected chi connectivity index (χ4v) is 7.24. The third kappa shape index (κ3) is 5.10. The monoisotopic (exact) mass is 558 g/mol. The van der Waals surface area contributed by atoms with Gasteiger partial charge in [0.2, 0.25) is 17.7 Å². The molecule has 4 aliphatic rings. The summed E-state index contributed by atoms with van der Waals surface area (Å²) < 4.78 is 25.4. The van der Waals surface area contributed by atoms with Crippen molar-refractivity contribution in [2.75, 3.05) is 39.3 Å². The number of piperazine rings is 1. The molecule has 4 heterocycles. The molecule has 0 aromatic heterocycles. The highest BCUT2D eigenvalue weighted by Gasteiger charge is 2.60. The summed E-state index contributed by atoms with van der Waals surface area (Å²) in [5.41, 5.74) is 5.28. The molecule has 210 valence electrons. The Morgan fingerprint density at radius 2 is 1.82 bits per heavy atom. The number of carboxylic acids is 1. The highest BCUT2D eigenvalue weighted by atomic mass is 32.2. The van der Waals surface area contributed by atoms with Crippen LogP contribution in [0.3, 0.4) is 0 Å². The summed E-state index contributed by atoms with van der Waals surface area (Å²) in [6.45, 7) is 5.28. The van der Waals surface area contributed by atoms with Gasteiger partial charge in [-0.3, -0.25) is 19.2 Å². The number of halogens is 2. The van der Waals surface area contributed by atoms with Crippen molar-refractivity contribution in [2.24, 2.45) is 17.6 Å². The second-order valence-corrected chi connectivity index (χ2v) is 11.3. The minimum absolute atomic E-state index is 0.0719. The molecule has 4 aliphatic heterocycles. The van der Waals surface area contributed by atoms with Crippen molar-refractivity contribution in [1.82, 2.24) is 25.3 Å². The first-order valence-electron chi connectivity index (χ1n) is 12.5. The van der Waals surface area contributed by atoms with E-state index in [0.717, 1.165) is 0 Å². The standard InChI is InChI=1S/C23H32F2N6O6S/c1-10-16-15(11(2)28-20(33)19(24)25)22(35)31(16)17(23(36)37)18(10)38-12-7-13(27-9-12)21(34)30-5-3-29(4-6-30)14(32)8-26/h10-13,15-16,19,27H,3-9,26H2,1-2H3,(H,28,33)(H,36,37)/t10-,11-,12+,13+,15-,16-/m1/s1. The van der Waals surface area contributed by atoms with Crippen molar-refractivity contribution in [3.8, 4) is 0 Å². The molecule has 0 bridgehead atoms. The number of hydrogen-bond acceptors (Lipinski definition) is 8. The molecule has 0 aliphatic carbocycles. The van der Waals surface area contributed by atoms with E-state index in [1.807, 2.05) is 0 Å². The Labute approximate surface area is 222 Å². The van der Waals surface area contributed by atoms with Gasteiger partial charge in [-0.25, -0.2) is 4.79 Å². The van der Waals surface area contributed by atoms with Gasteiger partial charge in [0.15, 0.2) is 0 Å². The zero-order valence-electron chi connectivity index (χ0n) is 21.1. The van der Waals surface area contributed by atoms with Crippen molar-refractivity contribution in [1.29, 1.82) is 0 Å². The van der Waals surface area contributed by atoms with E-state index in [2.05, 4.69) is 10.6 Å². The number of aliphatic carboxylic acids is 1. The number of nitrogens with zero attached hydrogens (tertiary/aromatic N) is 3. The number of carboxylic acid groups (broad SMARTS) is 1. The highest BCUT2D eigenvalue weighted by Crippen LogP contribution is 2.51. The Balaban J connectivity index is 1.39. The molecule has 0 aromatic rings. The third-order valence-corrected chi connectivity index (χ3v) is 9.21. The van der Waals surface area contributed by atoms with Crippen LogP contribution in [0.4, 0.5) is 8.78 Å². The SMILES string of the molecule is C[C@@H](NC(=O)C(F)F)[C@H]1C(=O)N2C(C(=O)O)=C(S[C@@H]3CN[C@H](C(=O)N4CCN(C(=O)CN)CC4)C3)[C@H](C)[C@H]12. The Kier molecular flexibility index (Phi) is 8.28. The fraction of sp³-hybridized carbons (Fsp3) is 0.696. The largest absolute Gasteiger partial charge is 0.477 e. The van der Waals surface area contributed by atoms with Gasteiger partial charge in [0.1, 0.15) is 5.70 Å². The molecule has 4 rings (SSSR count). The first-order chi connectivity index (χ1) is 18.0. The quantitative estimate of drug-likeness (QED) is 0.263. The van der Waals surface area contributed by atoms with E-state index >= 15 is 0 Å². The molecule has 38 heavy (non-hydrogen) atoms. The van der Waals surface area contributed by atoms with Gasteiger partial charge in [0, 0.05) is 54.8 Å². The summed E-state index contributed by atoms with van der Waals surface area (Å²) >= 11 is 1.31. The lowest BCUT2D eigenvalue weighted by molar-refractivity contribution is -0.159. The highest BCUT2D eigenvalue weighted by molar-refractivity contribution is 8.03. The van der Waals surface area contributed by atoms with Gasteiger partial charge < -0.3 is 36.2 Å². The van der Waals surface area contributed by atoms with Crippen molar-refractivity contribution in [3.05, 3.63) is 10.6 Å². The molecule has 0 spiro atoms. The van der Waals surface area contributed by atoms with E-state index in [0.29, 0.717) is 44.0 Å². The number of nitrogens with one attached hydrogen (secondary N) is 2. The van der Waals surface area contributed by atoms with Gasteiger partial charge >= 0.3 is 12.4 Å². The van der Waals surface area contributed by atoms with Crippen LogP contribution >= 0.6 is 11.8 Å². The van der Waals surface area contributed by atoms with Crippen LogP contribution in [0.5, 0.6) is 0 Å². The second kappa shape index (κ2) is 11.1. The number of amides is 4. The van der Waals surface area contributed by atoms with Crippen LogP contribution in [0.15, 0.2) is 10.6 Å². The minimum atomic E-state index is -3.22. The number of rotatable bonds is 8. The molecule has 6 atom stereocenters. The summed E-state index contributed by atoms with van der Waals surface area (Å²) in [4.78, 5) is 66.3. The minimum Gasteiger partial charge on any atom is -0.477 e. The summed E-state index contributed by atoms with van der Waals surface area (Å²) in [6, 6.07) is -1.91. The van der Waals surface area contributed by atoms with Crippen LogP contribution in [0.2, 0.25) is 0 Å². The zero-order chi connectivity index (χ0) is 27.9. The molecule has 0 radical (unpaired) electrons. The van der Waals surface area contributed by atoms with E-state index in [1.165, 1.54) is 23.6 Å². The maximum atomic E-state index is 13.1. The maximum Gasteiger partial charge on any atom is 0.353 e. The van der Waals surface area contributed by atoms with E-state index in [4.69, 9.17) is 5.73 Å². The van der Waals surface area contributed by atoms with Crippen molar-refractivity contribution < 1.29 is 37.9 Å². The smallest absolute Gasteiger partial charge is 0.353 e. The topological polar surface area (TPSA) is 165 Å². The summed E-state index contributed by atoms with van der Waals surface area (Å²) in [7, 11) is 0. The van der Waals surface area contributed by atoms with Crippen molar-refractivity contribution in [3.63, 3.8) is 0 Å². The molecule has 0 unspecified atom stereocenters. The van der Waals surface area contributed by atoms with E-state index in [1.54, 1.807) is 16.7 Å². The maximum absolute atomic E-state index is 13.1. The number of nitrogens with two attached hydrogens (primary N) is 1. The van der Waals surface area contributed by atoms with Crippen LogP contribution in [0.25, 0.3) is 0 Å². The van der Waals surface area contributed by atoms with Crippen LogP contribution in [-0.4, -0.2) is 118 Å². The molecule has 12 nitrogen and oxygen atoms in total. The van der Waals surface area contributed by atoms with Crippen molar-refractivity contribution >= 4 is 41.4 Å². The molecule has 3 fully saturated rings. The third-order valence-electron chi connectivity index (χ3n) is 7.70. The van der Waals surface area contributed by atoms with Gasteiger partial charge in [0.25, 0.3) is 5.91 Å². The lowest BCUT2D eigenvalue weighted by atomic mass is 9.78. The number of alkyl halides is 2.